The molecule has 0 N–H and O–H groups in total. The topological polar surface area (TPSA) is 52.7 Å². The van der Waals surface area contributed by atoms with E-state index < -0.39 is 0 Å². The molecule has 0 amide bonds. The predicted octanol–water partition coefficient (Wildman–Crippen LogP) is 3.26. The number of benzene rings is 1. The molecule has 0 spiro atoms. The third-order valence-corrected chi connectivity index (χ3v) is 5.09. The third-order valence-electron chi connectivity index (χ3n) is 4.06. The molecule has 24 heavy (non-hydrogen) atoms. The molecular weight excluding hydrogens is 320 g/mol. The maximum Gasteiger partial charge on any atom is 0.191 e. The summed E-state index contributed by atoms with van der Waals surface area (Å²) >= 11 is 1.42. The van der Waals surface area contributed by atoms with Gasteiger partial charge in [0.25, 0.3) is 0 Å². The Kier molecular flexibility index (Phi) is 4.85. The van der Waals surface area contributed by atoms with Gasteiger partial charge in [-0.15, -0.1) is 10.2 Å². The second-order valence-electron chi connectivity index (χ2n) is 5.79. The highest BCUT2D eigenvalue weighted by molar-refractivity contribution is 7.99. The van der Waals surface area contributed by atoms with Crippen molar-refractivity contribution in [2.24, 2.45) is 7.05 Å². The van der Waals surface area contributed by atoms with E-state index in [2.05, 4.69) is 26.9 Å². The summed E-state index contributed by atoms with van der Waals surface area (Å²) in [7, 11) is 1.87. The van der Waals surface area contributed by atoms with Crippen molar-refractivity contribution in [1.82, 2.24) is 19.3 Å². The van der Waals surface area contributed by atoms with Gasteiger partial charge in [0.05, 0.1) is 5.75 Å². The smallest absolute Gasteiger partial charge is 0.191 e. The van der Waals surface area contributed by atoms with Crippen LogP contribution in [0.15, 0.2) is 47.9 Å². The zero-order chi connectivity index (χ0) is 17.1. The van der Waals surface area contributed by atoms with Crippen molar-refractivity contribution in [3.05, 3.63) is 65.2 Å². The molecule has 0 bridgehead atoms. The number of carbonyl (C=O) groups is 1. The minimum atomic E-state index is 0.121. The molecule has 0 saturated carbocycles. The molecule has 3 aromatic rings. The number of thioether (sulfide) groups is 1. The Balaban J connectivity index is 1.75. The van der Waals surface area contributed by atoms with Crippen molar-refractivity contribution < 1.29 is 4.79 Å². The lowest BCUT2D eigenvalue weighted by Crippen LogP contribution is -2.08. The van der Waals surface area contributed by atoms with Gasteiger partial charge in [0.2, 0.25) is 0 Å². The summed E-state index contributed by atoms with van der Waals surface area (Å²) in [6.45, 7) is 4.83. The maximum absolute atomic E-state index is 12.6. The van der Waals surface area contributed by atoms with E-state index >= 15 is 0 Å². The van der Waals surface area contributed by atoms with Crippen LogP contribution in [0.25, 0.3) is 0 Å². The predicted molar refractivity (Wildman–Crippen MR) is 95.5 cm³/mol. The normalized spacial score (nSPS) is 11.0. The molecule has 6 heteroatoms. The molecular formula is C18H20N4OS. The summed E-state index contributed by atoms with van der Waals surface area (Å²) in [5.41, 5.74) is 4.13. The first kappa shape index (κ1) is 16.5. The monoisotopic (exact) mass is 340 g/mol. The highest BCUT2D eigenvalue weighted by atomic mass is 32.2. The third kappa shape index (κ3) is 3.43. The SMILES string of the molecule is Cc1cc(C(=O)CSc2nncn2C)c(C)n1Cc1ccccc1. The van der Waals surface area contributed by atoms with Crippen molar-refractivity contribution >= 4 is 17.5 Å². The van der Waals surface area contributed by atoms with Gasteiger partial charge in [-0.05, 0) is 25.5 Å². The molecule has 124 valence electrons. The van der Waals surface area contributed by atoms with Gasteiger partial charge in [-0.3, -0.25) is 4.79 Å². The van der Waals surface area contributed by atoms with E-state index in [1.807, 2.05) is 49.7 Å². The Morgan fingerprint density at radius 2 is 1.96 bits per heavy atom. The minimum Gasteiger partial charge on any atom is -0.344 e. The highest BCUT2D eigenvalue weighted by Crippen LogP contribution is 2.21. The molecule has 0 atom stereocenters. The zero-order valence-corrected chi connectivity index (χ0v) is 14.9. The number of aryl methyl sites for hydroxylation is 2. The lowest BCUT2D eigenvalue weighted by atomic mass is 10.2. The van der Waals surface area contributed by atoms with Gasteiger partial charge >= 0.3 is 0 Å². The molecule has 5 nitrogen and oxygen atoms in total. The fourth-order valence-corrected chi connectivity index (χ4v) is 3.48. The van der Waals surface area contributed by atoms with Crippen molar-refractivity contribution in [2.75, 3.05) is 5.75 Å². The van der Waals surface area contributed by atoms with Crippen LogP contribution in [0, 0.1) is 13.8 Å². The van der Waals surface area contributed by atoms with Crippen LogP contribution >= 0.6 is 11.8 Å². The number of ketones is 1. The van der Waals surface area contributed by atoms with Crippen LogP contribution < -0.4 is 0 Å². The molecule has 1 aromatic carbocycles. The van der Waals surface area contributed by atoms with Gasteiger partial charge in [-0.25, -0.2) is 0 Å². The fourth-order valence-electron chi connectivity index (χ4n) is 2.70. The first-order valence-corrected chi connectivity index (χ1v) is 8.75. The lowest BCUT2D eigenvalue weighted by Gasteiger charge is -2.10. The van der Waals surface area contributed by atoms with Crippen molar-refractivity contribution in [3.63, 3.8) is 0 Å². The number of carbonyl (C=O) groups excluding carboxylic acids is 1. The van der Waals surface area contributed by atoms with Crippen molar-refractivity contribution in [1.29, 1.82) is 0 Å². The Bertz CT molecular complexity index is 851. The van der Waals surface area contributed by atoms with Crippen LogP contribution in [0.2, 0.25) is 0 Å². The Morgan fingerprint density at radius 1 is 1.21 bits per heavy atom. The van der Waals surface area contributed by atoms with Gasteiger partial charge in [0.1, 0.15) is 6.33 Å². The molecule has 3 rings (SSSR count). The summed E-state index contributed by atoms with van der Waals surface area (Å²) in [4.78, 5) is 12.6. The molecule has 2 aromatic heterocycles. The second-order valence-corrected chi connectivity index (χ2v) is 6.74. The molecule has 0 radical (unpaired) electrons. The average molecular weight is 340 g/mol. The molecule has 0 aliphatic rings. The summed E-state index contributed by atoms with van der Waals surface area (Å²) in [6, 6.07) is 12.3. The Hall–Kier alpha value is -2.34. The van der Waals surface area contributed by atoms with E-state index in [9.17, 15) is 4.79 Å². The number of hydrogen-bond donors (Lipinski definition) is 0. The number of aromatic nitrogens is 4. The molecule has 0 fully saturated rings. The first-order valence-electron chi connectivity index (χ1n) is 7.77. The number of Topliss-reactive ketones (excluding diaryl/α,β-unsaturated/α-hetero) is 1. The molecule has 0 saturated heterocycles. The van der Waals surface area contributed by atoms with Crippen LogP contribution in [-0.4, -0.2) is 30.9 Å². The van der Waals surface area contributed by atoms with E-state index in [0.29, 0.717) is 5.75 Å². The van der Waals surface area contributed by atoms with E-state index in [4.69, 9.17) is 0 Å². The van der Waals surface area contributed by atoms with E-state index in [0.717, 1.165) is 28.7 Å². The van der Waals surface area contributed by atoms with Crippen LogP contribution in [0.3, 0.4) is 0 Å². The number of rotatable bonds is 6. The van der Waals surface area contributed by atoms with Gasteiger partial charge in [-0.1, -0.05) is 42.1 Å². The van der Waals surface area contributed by atoms with E-state index in [1.165, 1.54) is 17.3 Å². The quantitative estimate of drug-likeness (QED) is 0.510. The highest BCUT2D eigenvalue weighted by Gasteiger charge is 2.17. The molecule has 0 unspecified atom stereocenters. The van der Waals surface area contributed by atoms with Gasteiger partial charge in [0.15, 0.2) is 10.9 Å². The Labute approximate surface area is 145 Å². The fraction of sp³-hybridized carbons (Fsp3) is 0.278. The van der Waals surface area contributed by atoms with Gasteiger partial charge < -0.3 is 9.13 Å². The van der Waals surface area contributed by atoms with Crippen LogP contribution in [0.1, 0.15) is 27.3 Å². The van der Waals surface area contributed by atoms with Crippen LogP contribution in [-0.2, 0) is 13.6 Å². The molecule has 2 heterocycles. The number of hydrogen-bond acceptors (Lipinski definition) is 4. The van der Waals surface area contributed by atoms with Gasteiger partial charge in [0, 0.05) is 30.5 Å². The second kappa shape index (κ2) is 7.05. The van der Waals surface area contributed by atoms with Crippen LogP contribution in [0.5, 0.6) is 0 Å². The zero-order valence-electron chi connectivity index (χ0n) is 14.1. The van der Waals surface area contributed by atoms with Crippen LogP contribution in [0.4, 0.5) is 0 Å². The molecule has 0 aliphatic carbocycles. The average Bonchev–Trinajstić information content (AvgIpc) is 3.11. The standard InChI is InChI=1S/C18H20N4OS/c1-13-9-16(17(23)11-24-18-20-19-12-21(18)3)14(2)22(13)10-15-7-5-4-6-8-15/h4-9,12H,10-11H2,1-3H3. The number of nitrogens with zero attached hydrogens (tertiary/aromatic N) is 4. The summed E-state index contributed by atoms with van der Waals surface area (Å²) in [6.07, 6.45) is 1.64. The molecule has 0 aliphatic heterocycles. The maximum atomic E-state index is 12.6. The summed E-state index contributed by atoms with van der Waals surface area (Å²) < 4.78 is 4.01. The lowest BCUT2D eigenvalue weighted by molar-refractivity contribution is 0.102. The van der Waals surface area contributed by atoms with E-state index in [-0.39, 0.29) is 5.78 Å². The summed E-state index contributed by atoms with van der Waals surface area (Å²) in [5.74, 6) is 0.484. The Morgan fingerprint density at radius 3 is 2.62 bits per heavy atom. The van der Waals surface area contributed by atoms with Crippen molar-refractivity contribution in [2.45, 2.75) is 25.5 Å². The van der Waals surface area contributed by atoms with Gasteiger partial charge in [-0.2, -0.15) is 0 Å². The largest absolute Gasteiger partial charge is 0.344 e. The summed E-state index contributed by atoms with van der Waals surface area (Å²) in [5, 5.41) is 8.58. The van der Waals surface area contributed by atoms with E-state index in [1.54, 1.807) is 6.33 Å². The first-order chi connectivity index (χ1) is 11.6. The van der Waals surface area contributed by atoms with Crippen molar-refractivity contribution in [3.8, 4) is 0 Å². The minimum absolute atomic E-state index is 0.121.